The summed E-state index contributed by atoms with van der Waals surface area (Å²) in [5.74, 6) is 0.195. The molecule has 2 heterocycles. The molecule has 4 nitrogen and oxygen atoms in total. The highest BCUT2D eigenvalue weighted by atomic mass is 32.2. The summed E-state index contributed by atoms with van der Waals surface area (Å²) in [7, 11) is 0.656. The largest absolute Gasteiger partial charge is 0.304 e. The summed E-state index contributed by atoms with van der Waals surface area (Å²) in [6.45, 7) is 3.13. The topological polar surface area (TPSA) is 40.6 Å². The van der Waals surface area contributed by atoms with Crippen molar-refractivity contribution in [2.24, 2.45) is 0 Å². The number of rotatable bonds is 4. The van der Waals surface area contributed by atoms with Gasteiger partial charge in [0.2, 0.25) is 0 Å². The Labute approximate surface area is 142 Å². The van der Waals surface area contributed by atoms with Crippen LogP contribution < -0.4 is 0 Å². The van der Waals surface area contributed by atoms with Crippen LogP contribution in [-0.2, 0) is 10.0 Å². The van der Waals surface area contributed by atoms with Crippen LogP contribution in [-0.4, -0.2) is 50.8 Å². The maximum Gasteiger partial charge on any atom is 0.252 e. The Balaban J connectivity index is 1.91. The van der Waals surface area contributed by atoms with Gasteiger partial charge in [-0.1, -0.05) is 35.9 Å². The fraction of sp³-hybridized carbons (Fsp3) is 0.412. The number of likely N-dealkylation sites (N-methyl/N-ethyl adjacent to an activating group) is 1. The van der Waals surface area contributed by atoms with Crippen LogP contribution >= 0.6 is 11.3 Å². The van der Waals surface area contributed by atoms with Gasteiger partial charge in [0.15, 0.2) is 0 Å². The normalized spacial score (nSPS) is 22.8. The summed E-state index contributed by atoms with van der Waals surface area (Å²) in [5.41, 5.74) is 2.43. The van der Waals surface area contributed by atoms with Crippen molar-refractivity contribution in [2.75, 3.05) is 27.2 Å². The number of hydrogen-bond acceptors (Lipinski definition) is 4. The highest BCUT2D eigenvalue weighted by Crippen LogP contribution is 2.34. The van der Waals surface area contributed by atoms with E-state index in [1.165, 1.54) is 22.5 Å². The lowest BCUT2D eigenvalue weighted by Crippen LogP contribution is -2.35. The maximum absolute atomic E-state index is 12.8. The summed E-state index contributed by atoms with van der Waals surface area (Å²) in [4.78, 5) is 2.13. The third-order valence-corrected chi connectivity index (χ3v) is 7.72. The van der Waals surface area contributed by atoms with E-state index in [0.29, 0.717) is 17.3 Å². The number of nitrogens with zero attached hydrogens (tertiary/aromatic N) is 2. The first kappa shape index (κ1) is 16.6. The molecule has 1 saturated heterocycles. The molecule has 0 radical (unpaired) electrons. The third-order valence-electron chi connectivity index (χ3n) is 4.51. The quantitative estimate of drug-likeness (QED) is 0.851. The molecule has 0 N–H and O–H groups in total. The predicted octanol–water partition coefficient (Wildman–Crippen LogP) is 2.77. The lowest BCUT2D eigenvalue weighted by atomic mass is 9.93. The molecular weight excluding hydrogens is 328 g/mol. The minimum absolute atomic E-state index is 0.187. The molecule has 1 aromatic carbocycles. The van der Waals surface area contributed by atoms with Gasteiger partial charge in [0.05, 0.1) is 0 Å². The van der Waals surface area contributed by atoms with Crippen molar-refractivity contribution < 1.29 is 8.42 Å². The number of hydrogen-bond donors (Lipinski definition) is 0. The molecule has 0 amide bonds. The Morgan fingerprint density at radius 2 is 1.83 bits per heavy atom. The number of sulfonamides is 1. The molecular formula is C17H22N2O2S2. The Hall–Kier alpha value is -1.21. The van der Waals surface area contributed by atoms with Crippen molar-refractivity contribution in [1.82, 2.24) is 9.21 Å². The van der Waals surface area contributed by atoms with E-state index in [2.05, 4.69) is 36.1 Å². The van der Waals surface area contributed by atoms with Crippen LogP contribution in [0.5, 0.6) is 0 Å². The zero-order valence-corrected chi connectivity index (χ0v) is 15.3. The minimum atomic E-state index is -3.39. The molecule has 2 atom stereocenters. The van der Waals surface area contributed by atoms with Crippen molar-refractivity contribution >= 4 is 21.4 Å². The van der Waals surface area contributed by atoms with E-state index in [0.717, 1.165) is 0 Å². The van der Waals surface area contributed by atoms with Gasteiger partial charge in [-0.15, -0.1) is 11.3 Å². The van der Waals surface area contributed by atoms with Crippen molar-refractivity contribution in [1.29, 1.82) is 0 Å². The highest BCUT2D eigenvalue weighted by Gasteiger charge is 2.41. The van der Waals surface area contributed by atoms with Crippen LogP contribution in [0.15, 0.2) is 46.0 Å². The average molecular weight is 351 g/mol. The van der Waals surface area contributed by atoms with Gasteiger partial charge in [0.25, 0.3) is 10.0 Å². The molecule has 23 heavy (non-hydrogen) atoms. The van der Waals surface area contributed by atoms with Crippen LogP contribution in [0.3, 0.4) is 0 Å². The van der Waals surface area contributed by atoms with E-state index >= 15 is 0 Å². The lowest BCUT2D eigenvalue weighted by Gasteiger charge is -2.25. The van der Waals surface area contributed by atoms with Gasteiger partial charge in [-0.2, -0.15) is 4.31 Å². The molecule has 1 aliphatic heterocycles. The van der Waals surface area contributed by atoms with Gasteiger partial charge in [-0.3, -0.25) is 0 Å². The number of aryl methyl sites for hydroxylation is 1. The molecule has 1 aliphatic rings. The monoisotopic (exact) mass is 350 g/mol. The van der Waals surface area contributed by atoms with Crippen LogP contribution in [0.1, 0.15) is 17.0 Å². The van der Waals surface area contributed by atoms with Crippen LogP contribution in [0.4, 0.5) is 0 Å². The second-order valence-electron chi connectivity index (χ2n) is 6.30. The van der Waals surface area contributed by atoms with Gasteiger partial charge in [0, 0.05) is 25.0 Å². The van der Waals surface area contributed by atoms with Crippen molar-refractivity contribution in [2.45, 2.75) is 23.1 Å². The molecule has 3 rings (SSSR count). The summed E-state index contributed by atoms with van der Waals surface area (Å²) < 4.78 is 27.7. The lowest BCUT2D eigenvalue weighted by molar-refractivity contribution is 0.285. The van der Waals surface area contributed by atoms with E-state index in [1.54, 1.807) is 16.4 Å². The Morgan fingerprint density at radius 3 is 2.39 bits per heavy atom. The molecule has 1 aromatic heterocycles. The van der Waals surface area contributed by atoms with Crippen molar-refractivity contribution in [3.05, 3.63) is 52.9 Å². The van der Waals surface area contributed by atoms with Gasteiger partial charge in [0.1, 0.15) is 4.21 Å². The Morgan fingerprint density at radius 1 is 1.13 bits per heavy atom. The predicted molar refractivity (Wildman–Crippen MR) is 94.5 cm³/mol. The van der Waals surface area contributed by atoms with Crippen LogP contribution in [0.2, 0.25) is 0 Å². The number of benzene rings is 1. The molecule has 0 bridgehead atoms. The first-order chi connectivity index (χ1) is 10.9. The summed E-state index contributed by atoms with van der Waals surface area (Å²) in [5, 5.41) is 1.81. The van der Waals surface area contributed by atoms with Crippen LogP contribution in [0.25, 0.3) is 0 Å². The van der Waals surface area contributed by atoms with Crippen molar-refractivity contribution in [3.63, 3.8) is 0 Å². The molecule has 124 valence electrons. The molecule has 2 aromatic rings. The molecule has 1 fully saturated rings. The van der Waals surface area contributed by atoms with E-state index in [1.807, 2.05) is 19.5 Å². The Bertz CT molecular complexity index is 752. The van der Waals surface area contributed by atoms with E-state index in [4.69, 9.17) is 0 Å². The SMILES string of the molecule is Cc1ccc(C2CN(S(=O)(=O)c3cccs3)CC2N(C)C)cc1. The molecule has 6 heteroatoms. The molecule has 2 unspecified atom stereocenters. The fourth-order valence-corrected chi connectivity index (χ4v) is 5.78. The van der Waals surface area contributed by atoms with Gasteiger partial charge in [-0.05, 0) is 38.0 Å². The fourth-order valence-electron chi connectivity index (χ4n) is 3.15. The van der Waals surface area contributed by atoms with E-state index in [9.17, 15) is 8.42 Å². The van der Waals surface area contributed by atoms with E-state index in [-0.39, 0.29) is 12.0 Å². The molecule has 0 aliphatic carbocycles. The highest BCUT2D eigenvalue weighted by molar-refractivity contribution is 7.91. The zero-order valence-electron chi connectivity index (χ0n) is 13.6. The van der Waals surface area contributed by atoms with Gasteiger partial charge < -0.3 is 4.90 Å². The minimum Gasteiger partial charge on any atom is -0.304 e. The first-order valence-electron chi connectivity index (χ1n) is 7.66. The second-order valence-corrected chi connectivity index (χ2v) is 9.41. The second kappa shape index (κ2) is 6.36. The number of thiophene rings is 1. The molecule has 0 saturated carbocycles. The zero-order chi connectivity index (χ0) is 16.6. The van der Waals surface area contributed by atoms with Crippen LogP contribution in [0, 0.1) is 6.92 Å². The van der Waals surface area contributed by atoms with E-state index < -0.39 is 10.0 Å². The summed E-state index contributed by atoms with van der Waals surface area (Å²) >= 11 is 1.28. The smallest absolute Gasteiger partial charge is 0.252 e. The average Bonchev–Trinajstić information content (AvgIpc) is 3.18. The molecule has 0 spiro atoms. The third kappa shape index (κ3) is 3.21. The maximum atomic E-state index is 12.8. The van der Waals surface area contributed by atoms with Gasteiger partial charge >= 0.3 is 0 Å². The Kier molecular flexibility index (Phi) is 4.60. The standard InChI is InChI=1S/C17H22N2O2S2/c1-13-6-8-14(9-7-13)15-11-19(12-16(15)18(2)3)23(20,21)17-5-4-10-22-17/h4-10,15-16H,11-12H2,1-3H3. The van der Waals surface area contributed by atoms with Gasteiger partial charge in [-0.25, -0.2) is 8.42 Å². The summed E-state index contributed by atoms with van der Waals surface area (Å²) in [6.07, 6.45) is 0. The summed E-state index contributed by atoms with van der Waals surface area (Å²) in [6, 6.07) is 12.1. The first-order valence-corrected chi connectivity index (χ1v) is 9.98. The van der Waals surface area contributed by atoms with Crippen molar-refractivity contribution in [3.8, 4) is 0 Å².